The van der Waals surface area contributed by atoms with Gasteiger partial charge in [0.05, 0.1) is 6.42 Å². The zero-order valence-corrected chi connectivity index (χ0v) is 15.9. The van der Waals surface area contributed by atoms with E-state index in [-0.39, 0.29) is 5.91 Å². The van der Waals surface area contributed by atoms with Crippen molar-refractivity contribution < 1.29 is 4.79 Å². The van der Waals surface area contributed by atoms with Crippen LogP contribution < -0.4 is 5.32 Å². The van der Waals surface area contributed by atoms with Crippen molar-refractivity contribution in [1.82, 2.24) is 5.32 Å². The number of rotatable bonds is 8. The topological polar surface area (TPSA) is 29.1 Å². The molecule has 2 heteroatoms. The van der Waals surface area contributed by atoms with E-state index in [0.717, 1.165) is 24.8 Å². The van der Waals surface area contributed by atoms with E-state index >= 15 is 0 Å². The smallest absolute Gasteiger partial charge is 0.224 e. The number of benzene rings is 1. The lowest BCUT2D eigenvalue weighted by Crippen LogP contribution is -2.23. The molecule has 26 heavy (non-hydrogen) atoms. The summed E-state index contributed by atoms with van der Waals surface area (Å²) in [6.07, 6.45) is 18.0. The highest BCUT2D eigenvalue weighted by Crippen LogP contribution is 2.22. The van der Waals surface area contributed by atoms with Crippen molar-refractivity contribution in [2.75, 3.05) is 6.54 Å². The number of carbonyl (C=O) groups is 1. The van der Waals surface area contributed by atoms with Crippen LogP contribution in [-0.4, -0.2) is 12.5 Å². The molecule has 1 N–H and O–H groups in total. The Labute approximate surface area is 157 Å². The summed E-state index contributed by atoms with van der Waals surface area (Å²) >= 11 is 0. The Morgan fingerprint density at radius 2 is 1.96 bits per heavy atom. The average molecular weight is 348 g/mol. The van der Waals surface area contributed by atoms with Crippen molar-refractivity contribution in [3.05, 3.63) is 89.6 Å². The van der Waals surface area contributed by atoms with E-state index in [4.69, 9.17) is 0 Å². The highest BCUT2D eigenvalue weighted by molar-refractivity contribution is 5.80. The van der Waals surface area contributed by atoms with Crippen molar-refractivity contribution in [1.29, 1.82) is 0 Å². The molecule has 0 atom stereocenters. The van der Waals surface area contributed by atoms with Gasteiger partial charge < -0.3 is 5.32 Å². The molecular formula is C24H29NO. The van der Waals surface area contributed by atoms with Gasteiger partial charge in [-0.05, 0) is 42.9 Å². The van der Waals surface area contributed by atoms with E-state index in [1.165, 1.54) is 16.7 Å². The zero-order chi connectivity index (χ0) is 18.6. The van der Waals surface area contributed by atoms with Crippen LogP contribution in [0.5, 0.6) is 0 Å². The van der Waals surface area contributed by atoms with E-state index in [1.807, 2.05) is 12.1 Å². The molecule has 2 nitrogen and oxygen atoms in total. The van der Waals surface area contributed by atoms with Gasteiger partial charge in [-0.1, -0.05) is 85.4 Å². The number of hydrogen-bond donors (Lipinski definition) is 1. The van der Waals surface area contributed by atoms with Gasteiger partial charge in [-0.25, -0.2) is 0 Å². The predicted octanol–water partition coefficient (Wildman–Crippen LogP) is 5.77. The number of hydrogen-bond acceptors (Lipinski definition) is 1. The van der Waals surface area contributed by atoms with E-state index in [0.29, 0.717) is 13.0 Å². The van der Waals surface area contributed by atoms with Gasteiger partial charge in [0.2, 0.25) is 5.91 Å². The molecular weight excluding hydrogens is 318 g/mol. The molecule has 0 saturated heterocycles. The van der Waals surface area contributed by atoms with Crippen molar-refractivity contribution in [3.8, 4) is 0 Å². The lowest BCUT2D eigenvalue weighted by molar-refractivity contribution is -0.120. The molecule has 0 radical (unpaired) electrons. The van der Waals surface area contributed by atoms with E-state index in [9.17, 15) is 4.79 Å². The molecule has 0 saturated carbocycles. The lowest BCUT2D eigenvalue weighted by atomic mass is 10.0. The second kappa shape index (κ2) is 11.1. The molecule has 0 bridgehead atoms. The number of carbonyl (C=O) groups excluding carboxylic acids is 1. The largest absolute Gasteiger partial charge is 0.352 e. The maximum Gasteiger partial charge on any atom is 0.224 e. The minimum absolute atomic E-state index is 0.0578. The summed E-state index contributed by atoms with van der Waals surface area (Å²) in [7, 11) is 0. The Hall–Kier alpha value is -2.61. The molecule has 1 aliphatic carbocycles. The van der Waals surface area contributed by atoms with Gasteiger partial charge in [0, 0.05) is 6.54 Å². The molecule has 136 valence electrons. The molecule has 1 aromatic rings. The second-order valence-electron chi connectivity index (χ2n) is 6.50. The van der Waals surface area contributed by atoms with Crippen LogP contribution in [0.2, 0.25) is 0 Å². The van der Waals surface area contributed by atoms with Crippen LogP contribution in [-0.2, 0) is 4.79 Å². The van der Waals surface area contributed by atoms with Crippen LogP contribution in [0, 0.1) is 0 Å². The lowest BCUT2D eigenvalue weighted by Gasteiger charge is -2.03. The Bertz CT molecular complexity index is 733. The summed E-state index contributed by atoms with van der Waals surface area (Å²) in [5.74, 6) is 0.0578. The fourth-order valence-electron chi connectivity index (χ4n) is 2.67. The van der Waals surface area contributed by atoms with Gasteiger partial charge in [-0.3, -0.25) is 4.79 Å². The first-order valence-electron chi connectivity index (χ1n) is 9.38. The van der Waals surface area contributed by atoms with Gasteiger partial charge in [0.1, 0.15) is 0 Å². The van der Waals surface area contributed by atoms with Crippen molar-refractivity contribution in [3.63, 3.8) is 0 Å². The van der Waals surface area contributed by atoms with Crippen LogP contribution in [0.25, 0.3) is 5.57 Å². The molecule has 0 fully saturated rings. The molecule has 2 rings (SSSR count). The van der Waals surface area contributed by atoms with Crippen LogP contribution in [0.4, 0.5) is 0 Å². The fraction of sp³-hybridized carbons (Fsp3) is 0.292. The molecule has 1 amide bonds. The number of nitrogens with one attached hydrogen (secondary N) is 1. The van der Waals surface area contributed by atoms with Gasteiger partial charge in [0.15, 0.2) is 0 Å². The first-order chi connectivity index (χ1) is 12.7. The standard InChI is InChI=1S/C24H29NO/c1-3-20(2)11-6-5-9-18-25-24(26)19-21-12-10-15-23(17-16-21)22-13-7-4-8-14-22/h4-5,7-14,16-17H,3,6,15,18-19H2,1-2H3,(H,25,26)/b9-5-,20-11-. The molecule has 0 aliphatic heterocycles. The van der Waals surface area contributed by atoms with Gasteiger partial charge in [-0.2, -0.15) is 0 Å². The summed E-state index contributed by atoms with van der Waals surface area (Å²) < 4.78 is 0. The van der Waals surface area contributed by atoms with Gasteiger partial charge >= 0.3 is 0 Å². The molecule has 0 aromatic heterocycles. The van der Waals surface area contributed by atoms with Crippen LogP contribution in [0.15, 0.2) is 84.0 Å². The minimum Gasteiger partial charge on any atom is -0.352 e. The average Bonchev–Trinajstić information content (AvgIpc) is 2.90. The maximum absolute atomic E-state index is 12.1. The van der Waals surface area contributed by atoms with E-state index in [1.54, 1.807) is 0 Å². The summed E-state index contributed by atoms with van der Waals surface area (Å²) in [6, 6.07) is 10.4. The Balaban J connectivity index is 1.81. The predicted molar refractivity (Wildman–Crippen MR) is 112 cm³/mol. The van der Waals surface area contributed by atoms with Crippen LogP contribution in [0.1, 0.15) is 45.1 Å². The van der Waals surface area contributed by atoms with Crippen molar-refractivity contribution in [2.45, 2.75) is 39.5 Å². The summed E-state index contributed by atoms with van der Waals surface area (Å²) in [5.41, 5.74) is 4.94. The maximum atomic E-state index is 12.1. The Kier molecular flexibility index (Phi) is 8.41. The third-order valence-corrected chi connectivity index (χ3v) is 4.42. The highest BCUT2D eigenvalue weighted by atomic mass is 16.1. The monoisotopic (exact) mass is 347 g/mol. The summed E-state index contributed by atoms with van der Waals surface area (Å²) in [6.45, 7) is 4.88. The zero-order valence-electron chi connectivity index (χ0n) is 15.9. The van der Waals surface area contributed by atoms with E-state index in [2.05, 4.69) is 79.9 Å². The van der Waals surface area contributed by atoms with Gasteiger partial charge in [0.25, 0.3) is 0 Å². The third-order valence-electron chi connectivity index (χ3n) is 4.42. The SMILES string of the molecule is CC/C(C)=C\C/C=C\CNC(=O)CC1=CC=C(c2ccccc2)CC=C1. The number of allylic oxidation sites excluding steroid dienone is 8. The quantitative estimate of drug-likeness (QED) is 0.595. The first kappa shape index (κ1) is 19.7. The molecule has 0 spiro atoms. The normalized spacial score (nSPS) is 14.8. The molecule has 0 unspecified atom stereocenters. The fourth-order valence-corrected chi connectivity index (χ4v) is 2.67. The van der Waals surface area contributed by atoms with Crippen molar-refractivity contribution in [2.24, 2.45) is 0 Å². The third kappa shape index (κ3) is 7.10. The first-order valence-corrected chi connectivity index (χ1v) is 9.38. The minimum atomic E-state index is 0.0578. The van der Waals surface area contributed by atoms with Crippen LogP contribution >= 0.6 is 0 Å². The van der Waals surface area contributed by atoms with E-state index < -0.39 is 0 Å². The Morgan fingerprint density at radius 3 is 2.73 bits per heavy atom. The summed E-state index contributed by atoms with van der Waals surface area (Å²) in [5, 5.41) is 2.95. The molecule has 1 aliphatic rings. The highest BCUT2D eigenvalue weighted by Gasteiger charge is 2.06. The second-order valence-corrected chi connectivity index (χ2v) is 6.50. The molecule has 0 heterocycles. The van der Waals surface area contributed by atoms with Gasteiger partial charge in [-0.15, -0.1) is 0 Å². The van der Waals surface area contributed by atoms with Crippen LogP contribution in [0.3, 0.4) is 0 Å². The number of amides is 1. The van der Waals surface area contributed by atoms with Crippen molar-refractivity contribution >= 4 is 11.5 Å². The Morgan fingerprint density at radius 1 is 1.15 bits per heavy atom. The molecule has 1 aromatic carbocycles. The summed E-state index contributed by atoms with van der Waals surface area (Å²) in [4.78, 5) is 12.1.